The number of carboxylic acids is 1. The molecule has 104 valence electrons. The van der Waals surface area contributed by atoms with Gasteiger partial charge in [-0.25, -0.2) is 4.39 Å². The summed E-state index contributed by atoms with van der Waals surface area (Å²) < 4.78 is 32.0. The molecule has 6 nitrogen and oxygen atoms in total. The number of carbonyl (C=O) groups excluding carboxylic acids is 1. The fourth-order valence-electron chi connectivity index (χ4n) is 1.49. The third-order valence-corrected chi connectivity index (χ3v) is 3.37. The van der Waals surface area contributed by atoms with E-state index >= 15 is 0 Å². The molecular formula is C10H9F2IN2O4. The molecule has 9 heteroatoms. The standard InChI is InChI=1S/C10H9F2IN2O4/c1-19-8-5(12)4(11)2(7(14)10(17)18)3(6(8)13)9(15)16/h7H,14H2,1H3,(H2,15,16)(H,17,18). The predicted molar refractivity (Wildman–Crippen MR) is 68.7 cm³/mol. The normalized spacial score (nSPS) is 12.1. The molecule has 0 aliphatic rings. The highest BCUT2D eigenvalue weighted by atomic mass is 127. The van der Waals surface area contributed by atoms with Crippen molar-refractivity contribution in [1.82, 2.24) is 0 Å². The summed E-state index contributed by atoms with van der Waals surface area (Å²) >= 11 is 1.50. The Labute approximate surface area is 119 Å². The third kappa shape index (κ3) is 2.61. The van der Waals surface area contributed by atoms with E-state index in [2.05, 4.69) is 4.74 Å². The number of carboxylic acid groups (broad SMARTS) is 1. The molecule has 19 heavy (non-hydrogen) atoms. The van der Waals surface area contributed by atoms with Crippen LogP contribution >= 0.6 is 22.6 Å². The zero-order chi connectivity index (χ0) is 14.9. The number of halogens is 3. The Morgan fingerprint density at radius 3 is 2.26 bits per heavy atom. The Balaban J connectivity index is 3.80. The van der Waals surface area contributed by atoms with Gasteiger partial charge in [0.2, 0.25) is 11.7 Å². The van der Waals surface area contributed by atoms with E-state index in [9.17, 15) is 18.4 Å². The summed E-state index contributed by atoms with van der Waals surface area (Å²) in [5.74, 6) is -6.28. The molecule has 5 N–H and O–H groups in total. The Hall–Kier alpha value is -1.49. The molecule has 0 bridgehead atoms. The number of amides is 1. The first-order valence-corrected chi connectivity index (χ1v) is 5.84. The molecule has 1 aromatic rings. The lowest BCUT2D eigenvalue weighted by molar-refractivity contribution is -0.138. The number of benzene rings is 1. The van der Waals surface area contributed by atoms with Crippen molar-refractivity contribution in [3.05, 3.63) is 26.3 Å². The number of methoxy groups -OCH3 is 1. The summed E-state index contributed by atoms with van der Waals surface area (Å²) in [5.41, 5.74) is 9.00. The number of rotatable bonds is 4. The van der Waals surface area contributed by atoms with Crippen LogP contribution in [-0.2, 0) is 4.79 Å². The van der Waals surface area contributed by atoms with Gasteiger partial charge in [-0.05, 0) is 22.6 Å². The van der Waals surface area contributed by atoms with Crippen molar-refractivity contribution in [3.8, 4) is 5.75 Å². The van der Waals surface area contributed by atoms with E-state index in [4.69, 9.17) is 16.6 Å². The van der Waals surface area contributed by atoms with Gasteiger partial charge in [-0.1, -0.05) is 0 Å². The average molecular weight is 386 g/mol. The quantitative estimate of drug-likeness (QED) is 0.522. The van der Waals surface area contributed by atoms with Crippen molar-refractivity contribution in [3.63, 3.8) is 0 Å². The smallest absolute Gasteiger partial charge is 0.325 e. The van der Waals surface area contributed by atoms with E-state index in [0.29, 0.717) is 0 Å². The van der Waals surface area contributed by atoms with Crippen LogP contribution in [0.4, 0.5) is 8.78 Å². The second kappa shape index (κ2) is 5.65. The molecule has 0 fully saturated rings. The molecule has 1 rings (SSSR count). The third-order valence-electron chi connectivity index (χ3n) is 2.34. The van der Waals surface area contributed by atoms with Crippen molar-refractivity contribution in [1.29, 1.82) is 0 Å². The SMILES string of the molecule is COc1c(F)c(F)c(C(N)C(=O)O)c(C(N)=O)c1I. The molecule has 0 saturated heterocycles. The molecule has 0 aliphatic heterocycles. The minimum absolute atomic E-state index is 0.141. The predicted octanol–water partition coefficient (Wildman–Crippen LogP) is 0.761. The Morgan fingerprint density at radius 1 is 1.37 bits per heavy atom. The van der Waals surface area contributed by atoms with Gasteiger partial charge in [0.25, 0.3) is 0 Å². The van der Waals surface area contributed by atoms with Crippen molar-refractivity contribution < 1.29 is 28.2 Å². The Bertz CT molecular complexity index is 565. The Morgan fingerprint density at radius 2 is 1.89 bits per heavy atom. The molecule has 0 aromatic heterocycles. The van der Waals surface area contributed by atoms with Crippen LogP contribution in [0.2, 0.25) is 0 Å². The number of hydrogen-bond donors (Lipinski definition) is 3. The second-order valence-electron chi connectivity index (χ2n) is 3.44. The number of aliphatic carboxylic acids is 1. The van der Waals surface area contributed by atoms with E-state index in [-0.39, 0.29) is 3.57 Å². The Kier molecular flexibility index (Phi) is 4.63. The highest BCUT2D eigenvalue weighted by Crippen LogP contribution is 2.35. The van der Waals surface area contributed by atoms with Crippen LogP contribution in [0.3, 0.4) is 0 Å². The van der Waals surface area contributed by atoms with Gasteiger partial charge >= 0.3 is 5.97 Å². The summed E-state index contributed by atoms with van der Waals surface area (Å²) in [5, 5.41) is 8.77. The first-order chi connectivity index (χ1) is 8.73. The maximum Gasteiger partial charge on any atom is 0.325 e. The highest BCUT2D eigenvalue weighted by molar-refractivity contribution is 14.1. The molecule has 1 unspecified atom stereocenters. The topological polar surface area (TPSA) is 116 Å². The van der Waals surface area contributed by atoms with Crippen LogP contribution < -0.4 is 16.2 Å². The van der Waals surface area contributed by atoms with Crippen LogP contribution in [0.25, 0.3) is 0 Å². The molecular weight excluding hydrogens is 377 g/mol. The first kappa shape index (κ1) is 15.6. The fraction of sp³-hybridized carbons (Fsp3) is 0.200. The lowest BCUT2D eigenvalue weighted by Crippen LogP contribution is -2.28. The van der Waals surface area contributed by atoms with Gasteiger partial charge < -0.3 is 21.3 Å². The lowest BCUT2D eigenvalue weighted by atomic mass is 9.98. The van der Waals surface area contributed by atoms with E-state index in [1.807, 2.05) is 0 Å². The van der Waals surface area contributed by atoms with Crippen LogP contribution in [-0.4, -0.2) is 24.1 Å². The molecule has 0 radical (unpaired) electrons. The summed E-state index contributed by atoms with van der Waals surface area (Å²) in [4.78, 5) is 22.1. The van der Waals surface area contributed by atoms with Crippen LogP contribution in [0, 0.1) is 15.2 Å². The van der Waals surface area contributed by atoms with E-state index in [1.165, 1.54) is 22.6 Å². The molecule has 0 heterocycles. The maximum absolute atomic E-state index is 13.9. The summed E-state index contributed by atoms with van der Waals surface area (Å²) in [7, 11) is 1.07. The van der Waals surface area contributed by atoms with Gasteiger partial charge in [0.05, 0.1) is 16.2 Å². The molecule has 0 spiro atoms. The maximum atomic E-state index is 13.9. The lowest BCUT2D eigenvalue weighted by Gasteiger charge is -2.17. The van der Waals surface area contributed by atoms with Gasteiger partial charge in [-0.15, -0.1) is 0 Å². The first-order valence-electron chi connectivity index (χ1n) is 4.76. The van der Waals surface area contributed by atoms with Gasteiger partial charge in [-0.2, -0.15) is 4.39 Å². The van der Waals surface area contributed by atoms with Gasteiger partial charge in [-0.3, -0.25) is 9.59 Å². The average Bonchev–Trinajstić information content (AvgIpc) is 2.32. The largest absolute Gasteiger partial charge is 0.492 e. The molecule has 1 atom stereocenters. The zero-order valence-electron chi connectivity index (χ0n) is 9.54. The van der Waals surface area contributed by atoms with Gasteiger partial charge in [0.1, 0.15) is 6.04 Å². The van der Waals surface area contributed by atoms with Crippen molar-refractivity contribution in [2.45, 2.75) is 6.04 Å². The summed E-state index contributed by atoms with van der Waals surface area (Å²) in [6.07, 6.45) is 0. The van der Waals surface area contributed by atoms with Crippen molar-refractivity contribution in [2.75, 3.05) is 7.11 Å². The number of carbonyl (C=O) groups is 2. The second-order valence-corrected chi connectivity index (χ2v) is 4.52. The van der Waals surface area contributed by atoms with Crippen molar-refractivity contribution in [2.24, 2.45) is 11.5 Å². The highest BCUT2D eigenvalue weighted by Gasteiger charge is 2.32. The molecule has 1 amide bonds. The van der Waals surface area contributed by atoms with E-state index in [1.54, 1.807) is 0 Å². The minimum atomic E-state index is -1.92. The molecule has 1 aromatic carbocycles. The molecule has 0 aliphatic carbocycles. The van der Waals surface area contributed by atoms with Crippen LogP contribution in [0.15, 0.2) is 0 Å². The number of hydrogen-bond acceptors (Lipinski definition) is 4. The van der Waals surface area contributed by atoms with Gasteiger partial charge in [0, 0.05) is 5.56 Å². The monoisotopic (exact) mass is 386 g/mol. The fourth-order valence-corrected chi connectivity index (χ4v) is 2.50. The van der Waals surface area contributed by atoms with Gasteiger partial charge in [0.15, 0.2) is 11.6 Å². The van der Waals surface area contributed by atoms with Crippen LogP contribution in [0.5, 0.6) is 5.75 Å². The van der Waals surface area contributed by atoms with Crippen LogP contribution in [0.1, 0.15) is 22.0 Å². The zero-order valence-corrected chi connectivity index (χ0v) is 11.7. The number of nitrogens with two attached hydrogens (primary N) is 2. The molecule has 0 saturated carbocycles. The summed E-state index contributed by atoms with van der Waals surface area (Å²) in [6, 6.07) is -1.92. The van der Waals surface area contributed by atoms with E-state index in [0.717, 1.165) is 7.11 Å². The summed E-state index contributed by atoms with van der Waals surface area (Å²) in [6.45, 7) is 0. The number of primary amides is 1. The van der Waals surface area contributed by atoms with E-state index < -0.39 is 46.4 Å². The number of ether oxygens (including phenoxy) is 1. The van der Waals surface area contributed by atoms with Crippen molar-refractivity contribution >= 4 is 34.5 Å². The minimum Gasteiger partial charge on any atom is -0.492 e.